The summed E-state index contributed by atoms with van der Waals surface area (Å²) >= 11 is 1.31. The molecule has 0 saturated heterocycles. The summed E-state index contributed by atoms with van der Waals surface area (Å²) in [5, 5.41) is 12.9. The lowest BCUT2D eigenvalue weighted by Gasteiger charge is -2.09. The number of nitrogens with zero attached hydrogens (tertiary/aromatic N) is 3. The molecule has 0 aliphatic rings. The van der Waals surface area contributed by atoms with Crippen LogP contribution >= 0.6 is 11.3 Å². The molecule has 1 amide bonds. The van der Waals surface area contributed by atoms with Crippen LogP contribution in [0.3, 0.4) is 0 Å². The molecule has 0 unspecified atom stereocenters. The van der Waals surface area contributed by atoms with Crippen molar-refractivity contribution in [2.45, 2.75) is 13.5 Å². The van der Waals surface area contributed by atoms with Gasteiger partial charge in [-0.1, -0.05) is 59.9 Å². The maximum Gasteiger partial charge on any atom is 0.258 e. The second kappa shape index (κ2) is 8.24. The SMILES string of the molecule is CCOCc1nnc(NC(=O)c2cc(-c3ccccc3)nc3ccccc23)s1. The lowest BCUT2D eigenvalue weighted by Crippen LogP contribution is -2.13. The fraction of sp³-hybridized carbons (Fsp3) is 0.143. The summed E-state index contributed by atoms with van der Waals surface area (Å²) in [5.41, 5.74) is 3.02. The van der Waals surface area contributed by atoms with E-state index >= 15 is 0 Å². The Balaban J connectivity index is 1.68. The zero-order valence-electron chi connectivity index (χ0n) is 15.3. The predicted molar refractivity (Wildman–Crippen MR) is 110 cm³/mol. The van der Waals surface area contributed by atoms with Crippen LogP contribution in [0.25, 0.3) is 22.2 Å². The van der Waals surface area contributed by atoms with Crippen molar-refractivity contribution in [3.05, 3.63) is 71.2 Å². The molecular formula is C21H18N4O2S. The number of amides is 1. The Bertz CT molecular complexity index is 1110. The maximum atomic E-state index is 13.0. The zero-order chi connectivity index (χ0) is 19.3. The summed E-state index contributed by atoms with van der Waals surface area (Å²) in [4.78, 5) is 17.7. The van der Waals surface area contributed by atoms with E-state index in [1.807, 2.05) is 67.6 Å². The van der Waals surface area contributed by atoms with E-state index in [4.69, 9.17) is 9.72 Å². The van der Waals surface area contributed by atoms with Gasteiger partial charge in [-0.05, 0) is 19.1 Å². The van der Waals surface area contributed by atoms with Gasteiger partial charge in [-0.15, -0.1) is 10.2 Å². The van der Waals surface area contributed by atoms with E-state index in [1.165, 1.54) is 11.3 Å². The first-order chi connectivity index (χ1) is 13.7. The van der Waals surface area contributed by atoms with Gasteiger partial charge in [0.15, 0.2) is 0 Å². The van der Waals surface area contributed by atoms with Gasteiger partial charge in [-0.25, -0.2) is 4.98 Å². The largest absolute Gasteiger partial charge is 0.374 e. The average molecular weight is 390 g/mol. The Labute approximate surface area is 166 Å². The molecule has 0 radical (unpaired) electrons. The second-order valence-corrected chi connectivity index (χ2v) is 7.09. The minimum absolute atomic E-state index is 0.241. The van der Waals surface area contributed by atoms with Gasteiger partial charge < -0.3 is 4.74 Å². The Morgan fingerprint density at radius 1 is 1.07 bits per heavy atom. The number of hydrogen-bond acceptors (Lipinski definition) is 6. The second-order valence-electron chi connectivity index (χ2n) is 6.03. The van der Waals surface area contributed by atoms with E-state index in [9.17, 15) is 4.79 Å². The quantitative estimate of drug-likeness (QED) is 0.523. The van der Waals surface area contributed by atoms with Crippen LogP contribution in [0.2, 0.25) is 0 Å². The minimum atomic E-state index is -0.241. The van der Waals surface area contributed by atoms with Crippen molar-refractivity contribution in [3.8, 4) is 11.3 Å². The molecule has 4 aromatic rings. The van der Waals surface area contributed by atoms with Crippen LogP contribution in [0.1, 0.15) is 22.3 Å². The first-order valence-corrected chi connectivity index (χ1v) is 9.73. The van der Waals surface area contributed by atoms with E-state index in [0.717, 1.165) is 27.2 Å². The van der Waals surface area contributed by atoms with Crippen molar-refractivity contribution in [3.63, 3.8) is 0 Å². The summed E-state index contributed by atoms with van der Waals surface area (Å²) < 4.78 is 5.33. The lowest BCUT2D eigenvalue weighted by molar-refractivity contribution is 0.102. The first kappa shape index (κ1) is 18.2. The van der Waals surface area contributed by atoms with Crippen LogP contribution in [0.4, 0.5) is 5.13 Å². The Morgan fingerprint density at radius 3 is 2.68 bits per heavy atom. The number of carbonyl (C=O) groups excluding carboxylic acids is 1. The lowest BCUT2D eigenvalue weighted by atomic mass is 10.0. The third-order valence-corrected chi connectivity index (χ3v) is 4.96. The summed E-state index contributed by atoms with van der Waals surface area (Å²) in [6, 6.07) is 19.2. The molecule has 2 aromatic carbocycles. The molecule has 28 heavy (non-hydrogen) atoms. The van der Waals surface area contributed by atoms with Gasteiger partial charge in [0.1, 0.15) is 11.6 Å². The number of rotatable bonds is 6. The third-order valence-electron chi connectivity index (χ3n) is 4.15. The number of nitrogens with one attached hydrogen (secondary N) is 1. The van der Waals surface area contributed by atoms with Crippen molar-refractivity contribution in [2.24, 2.45) is 0 Å². The highest BCUT2D eigenvalue weighted by atomic mass is 32.1. The highest BCUT2D eigenvalue weighted by Crippen LogP contribution is 2.26. The van der Waals surface area contributed by atoms with Crippen molar-refractivity contribution >= 4 is 33.3 Å². The van der Waals surface area contributed by atoms with Gasteiger partial charge in [-0.3, -0.25) is 10.1 Å². The molecule has 0 aliphatic heterocycles. The van der Waals surface area contributed by atoms with Gasteiger partial charge in [0.2, 0.25) is 5.13 Å². The van der Waals surface area contributed by atoms with Gasteiger partial charge in [-0.2, -0.15) is 0 Å². The van der Waals surface area contributed by atoms with Gasteiger partial charge in [0.05, 0.1) is 16.8 Å². The molecule has 2 aromatic heterocycles. The fourth-order valence-electron chi connectivity index (χ4n) is 2.84. The summed E-state index contributed by atoms with van der Waals surface area (Å²) in [5.74, 6) is -0.241. The summed E-state index contributed by atoms with van der Waals surface area (Å²) in [6.45, 7) is 2.91. The highest BCUT2D eigenvalue weighted by Gasteiger charge is 2.16. The smallest absolute Gasteiger partial charge is 0.258 e. The molecule has 0 fully saturated rings. The normalized spacial score (nSPS) is 10.9. The average Bonchev–Trinajstić information content (AvgIpc) is 3.19. The number of pyridine rings is 1. The highest BCUT2D eigenvalue weighted by molar-refractivity contribution is 7.15. The number of fused-ring (bicyclic) bond motifs is 1. The van der Waals surface area contributed by atoms with Crippen molar-refractivity contribution in [1.82, 2.24) is 15.2 Å². The van der Waals surface area contributed by atoms with Crippen molar-refractivity contribution in [1.29, 1.82) is 0 Å². The van der Waals surface area contributed by atoms with Crippen molar-refractivity contribution in [2.75, 3.05) is 11.9 Å². The van der Waals surface area contributed by atoms with Crippen LogP contribution in [-0.2, 0) is 11.3 Å². The molecule has 1 N–H and O–H groups in total. The monoisotopic (exact) mass is 390 g/mol. The van der Waals surface area contributed by atoms with E-state index in [0.29, 0.717) is 23.9 Å². The maximum absolute atomic E-state index is 13.0. The van der Waals surface area contributed by atoms with Crippen LogP contribution in [-0.4, -0.2) is 27.7 Å². The molecule has 4 rings (SSSR count). The molecule has 0 bridgehead atoms. The third kappa shape index (κ3) is 3.90. The van der Waals surface area contributed by atoms with Gasteiger partial charge in [0.25, 0.3) is 5.91 Å². The Kier molecular flexibility index (Phi) is 5.36. The first-order valence-electron chi connectivity index (χ1n) is 8.91. The molecule has 0 atom stereocenters. The summed E-state index contributed by atoms with van der Waals surface area (Å²) in [6.07, 6.45) is 0. The molecule has 2 heterocycles. The van der Waals surface area contributed by atoms with E-state index in [1.54, 1.807) is 0 Å². The molecule has 0 saturated carbocycles. The molecule has 0 aliphatic carbocycles. The summed E-state index contributed by atoms with van der Waals surface area (Å²) in [7, 11) is 0. The van der Waals surface area contributed by atoms with Crippen LogP contribution in [0.15, 0.2) is 60.7 Å². The molecule has 0 spiro atoms. The number of hydrogen-bond donors (Lipinski definition) is 1. The number of para-hydroxylation sites is 1. The van der Waals surface area contributed by atoms with Crippen LogP contribution < -0.4 is 5.32 Å². The molecule has 6 nitrogen and oxygen atoms in total. The van der Waals surface area contributed by atoms with Crippen LogP contribution in [0.5, 0.6) is 0 Å². The minimum Gasteiger partial charge on any atom is -0.374 e. The number of anilines is 1. The number of benzene rings is 2. The topological polar surface area (TPSA) is 77.0 Å². The zero-order valence-corrected chi connectivity index (χ0v) is 16.1. The molecule has 7 heteroatoms. The van der Waals surface area contributed by atoms with E-state index in [-0.39, 0.29) is 5.91 Å². The predicted octanol–water partition coefficient (Wildman–Crippen LogP) is 4.54. The fourth-order valence-corrected chi connectivity index (χ4v) is 3.51. The van der Waals surface area contributed by atoms with Gasteiger partial charge >= 0.3 is 0 Å². The number of carbonyl (C=O) groups is 1. The van der Waals surface area contributed by atoms with E-state index < -0.39 is 0 Å². The standard InChI is InChI=1S/C21H18N4O2S/c1-2-27-13-19-24-25-21(28-19)23-20(26)16-12-18(14-8-4-3-5-9-14)22-17-11-7-6-10-15(16)17/h3-12H,2,13H2,1H3,(H,23,25,26). The van der Waals surface area contributed by atoms with Crippen molar-refractivity contribution < 1.29 is 9.53 Å². The van der Waals surface area contributed by atoms with Crippen LogP contribution in [0, 0.1) is 0 Å². The Morgan fingerprint density at radius 2 is 1.86 bits per heavy atom. The number of ether oxygens (including phenoxy) is 1. The number of aromatic nitrogens is 3. The Hall–Kier alpha value is -3.16. The molecule has 140 valence electrons. The van der Waals surface area contributed by atoms with Gasteiger partial charge in [0, 0.05) is 17.6 Å². The molecular weight excluding hydrogens is 372 g/mol. The van der Waals surface area contributed by atoms with E-state index in [2.05, 4.69) is 15.5 Å².